The number of amides is 1. The molecule has 27 heavy (non-hydrogen) atoms. The van der Waals surface area contributed by atoms with E-state index in [0.717, 1.165) is 17.3 Å². The quantitative estimate of drug-likeness (QED) is 0.630. The van der Waals surface area contributed by atoms with Crippen LogP contribution < -0.4 is 14.8 Å². The Bertz CT molecular complexity index is 847. The highest BCUT2D eigenvalue weighted by molar-refractivity contribution is 5.77. The van der Waals surface area contributed by atoms with Crippen LogP contribution in [0.25, 0.3) is 11.5 Å². The molecule has 1 amide bonds. The first-order valence-electron chi connectivity index (χ1n) is 8.81. The summed E-state index contributed by atoms with van der Waals surface area (Å²) in [4.78, 5) is 20.6. The first-order valence-corrected chi connectivity index (χ1v) is 8.81. The highest BCUT2D eigenvalue weighted by atomic mass is 16.5. The third-order valence-electron chi connectivity index (χ3n) is 3.79. The van der Waals surface area contributed by atoms with Crippen molar-refractivity contribution in [2.75, 3.05) is 19.8 Å². The van der Waals surface area contributed by atoms with Crippen molar-refractivity contribution in [3.05, 3.63) is 61.1 Å². The lowest BCUT2D eigenvalue weighted by molar-refractivity contribution is -0.123. The molecule has 2 aromatic heterocycles. The van der Waals surface area contributed by atoms with E-state index in [1.807, 2.05) is 48.0 Å². The van der Waals surface area contributed by atoms with Crippen molar-refractivity contribution in [3.8, 4) is 23.0 Å². The average molecular weight is 366 g/mol. The van der Waals surface area contributed by atoms with Crippen LogP contribution in [0.3, 0.4) is 0 Å². The fraction of sp³-hybridized carbons (Fsp3) is 0.250. The highest BCUT2D eigenvalue weighted by Gasteiger charge is 2.07. The number of ether oxygens (including phenoxy) is 2. The number of hydrogen-bond donors (Lipinski definition) is 1. The summed E-state index contributed by atoms with van der Waals surface area (Å²) < 4.78 is 12.8. The van der Waals surface area contributed by atoms with Gasteiger partial charge in [0.05, 0.1) is 6.61 Å². The summed E-state index contributed by atoms with van der Waals surface area (Å²) >= 11 is 0. The molecule has 0 spiro atoms. The number of imidazole rings is 1. The van der Waals surface area contributed by atoms with Gasteiger partial charge in [-0.3, -0.25) is 9.78 Å². The zero-order valence-electron chi connectivity index (χ0n) is 15.2. The molecule has 0 saturated heterocycles. The van der Waals surface area contributed by atoms with Crippen LogP contribution in [0.1, 0.15) is 6.92 Å². The highest BCUT2D eigenvalue weighted by Crippen LogP contribution is 2.17. The molecule has 7 nitrogen and oxygen atoms in total. The first-order chi connectivity index (χ1) is 13.3. The molecule has 1 aromatic carbocycles. The lowest BCUT2D eigenvalue weighted by Crippen LogP contribution is -2.31. The normalized spacial score (nSPS) is 10.4. The van der Waals surface area contributed by atoms with E-state index in [0.29, 0.717) is 25.4 Å². The lowest BCUT2D eigenvalue weighted by atomic mass is 10.3. The van der Waals surface area contributed by atoms with Crippen molar-refractivity contribution in [1.82, 2.24) is 19.9 Å². The number of carbonyl (C=O) groups is 1. The molecule has 3 rings (SSSR count). The van der Waals surface area contributed by atoms with Gasteiger partial charge in [0.15, 0.2) is 12.4 Å². The summed E-state index contributed by atoms with van der Waals surface area (Å²) in [7, 11) is 0. The smallest absolute Gasteiger partial charge is 0.258 e. The molecule has 0 unspecified atom stereocenters. The van der Waals surface area contributed by atoms with Gasteiger partial charge in [-0.05, 0) is 43.3 Å². The van der Waals surface area contributed by atoms with Crippen LogP contribution in [0, 0.1) is 0 Å². The van der Waals surface area contributed by atoms with E-state index in [2.05, 4.69) is 15.3 Å². The topological polar surface area (TPSA) is 78.3 Å². The van der Waals surface area contributed by atoms with Crippen molar-refractivity contribution in [2.45, 2.75) is 13.5 Å². The predicted molar refractivity (Wildman–Crippen MR) is 102 cm³/mol. The van der Waals surface area contributed by atoms with E-state index in [4.69, 9.17) is 9.47 Å². The molecule has 1 N–H and O–H groups in total. The molecule has 140 valence electrons. The molecule has 0 atom stereocenters. The molecule has 2 heterocycles. The number of nitrogens with zero attached hydrogens (tertiary/aromatic N) is 3. The maximum Gasteiger partial charge on any atom is 0.258 e. The Morgan fingerprint density at radius 1 is 1.04 bits per heavy atom. The Kier molecular flexibility index (Phi) is 6.40. The second-order valence-electron chi connectivity index (χ2n) is 5.70. The average Bonchev–Trinajstić information content (AvgIpc) is 3.17. The van der Waals surface area contributed by atoms with E-state index in [-0.39, 0.29) is 12.5 Å². The molecule has 0 fully saturated rings. The maximum absolute atomic E-state index is 12.0. The van der Waals surface area contributed by atoms with Crippen LogP contribution in [-0.4, -0.2) is 40.2 Å². The number of carbonyl (C=O) groups excluding carboxylic acids is 1. The summed E-state index contributed by atoms with van der Waals surface area (Å²) in [6.45, 7) is 3.58. The Morgan fingerprint density at radius 3 is 2.52 bits per heavy atom. The van der Waals surface area contributed by atoms with Gasteiger partial charge in [0.1, 0.15) is 17.2 Å². The Balaban J connectivity index is 1.43. The Morgan fingerprint density at radius 2 is 1.81 bits per heavy atom. The number of pyridine rings is 1. The summed E-state index contributed by atoms with van der Waals surface area (Å²) in [5.41, 5.74) is 0.799. The monoisotopic (exact) mass is 366 g/mol. The van der Waals surface area contributed by atoms with Gasteiger partial charge in [-0.2, -0.15) is 0 Å². The SMILES string of the molecule is CCOc1ccc(OCC(=O)NCCn2ccnc2-c2ccccn2)cc1. The van der Waals surface area contributed by atoms with Crippen molar-refractivity contribution in [1.29, 1.82) is 0 Å². The fourth-order valence-electron chi connectivity index (χ4n) is 2.53. The molecular formula is C20H22N4O3. The molecule has 0 radical (unpaired) electrons. The zero-order chi connectivity index (χ0) is 18.9. The lowest BCUT2D eigenvalue weighted by Gasteiger charge is -2.10. The third-order valence-corrected chi connectivity index (χ3v) is 3.79. The minimum Gasteiger partial charge on any atom is -0.494 e. The molecule has 0 aliphatic heterocycles. The van der Waals surface area contributed by atoms with Gasteiger partial charge >= 0.3 is 0 Å². The molecule has 7 heteroatoms. The van der Waals surface area contributed by atoms with Crippen molar-refractivity contribution in [3.63, 3.8) is 0 Å². The molecule has 0 bridgehead atoms. The van der Waals surface area contributed by atoms with Crippen LogP contribution in [0.2, 0.25) is 0 Å². The second-order valence-corrected chi connectivity index (χ2v) is 5.70. The minimum absolute atomic E-state index is 0.0367. The third kappa shape index (κ3) is 5.31. The van der Waals surface area contributed by atoms with Crippen LogP contribution in [0.4, 0.5) is 0 Å². The largest absolute Gasteiger partial charge is 0.494 e. The van der Waals surface area contributed by atoms with Gasteiger partial charge in [0.25, 0.3) is 5.91 Å². The molecule has 0 aliphatic rings. The van der Waals surface area contributed by atoms with E-state index < -0.39 is 0 Å². The number of hydrogen-bond acceptors (Lipinski definition) is 5. The van der Waals surface area contributed by atoms with Gasteiger partial charge in [0.2, 0.25) is 0 Å². The summed E-state index contributed by atoms with van der Waals surface area (Å²) in [6, 6.07) is 12.9. The van der Waals surface area contributed by atoms with E-state index in [1.165, 1.54) is 0 Å². The summed E-state index contributed by atoms with van der Waals surface area (Å²) in [5.74, 6) is 2.00. The van der Waals surface area contributed by atoms with Crippen LogP contribution in [0.15, 0.2) is 61.1 Å². The number of rotatable bonds is 9. The second kappa shape index (κ2) is 9.38. The van der Waals surface area contributed by atoms with Gasteiger partial charge in [0, 0.05) is 31.7 Å². The number of benzene rings is 1. The van der Waals surface area contributed by atoms with Gasteiger partial charge in [-0.15, -0.1) is 0 Å². The van der Waals surface area contributed by atoms with E-state index >= 15 is 0 Å². The standard InChI is InChI=1S/C20H22N4O3/c1-2-26-16-6-8-17(9-7-16)27-15-19(25)22-11-13-24-14-12-23-20(24)18-5-3-4-10-21-18/h3-10,12,14H,2,11,13,15H2,1H3,(H,22,25). The molecule has 0 saturated carbocycles. The number of nitrogens with one attached hydrogen (secondary N) is 1. The summed E-state index contributed by atoms with van der Waals surface area (Å²) in [5, 5.41) is 2.84. The van der Waals surface area contributed by atoms with Crippen LogP contribution >= 0.6 is 0 Å². The van der Waals surface area contributed by atoms with Crippen molar-refractivity contribution < 1.29 is 14.3 Å². The van der Waals surface area contributed by atoms with Gasteiger partial charge in [-0.25, -0.2) is 4.98 Å². The number of aromatic nitrogens is 3. The molecule has 3 aromatic rings. The van der Waals surface area contributed by atoms with Gasteiger partial charge < -0.3 is 19.4 Å². The van der Waals surface area contributed by atoms with Crippen LogP contribution in [-0.2, 0) is 11.3 Å². The predicted octanol–water partition coefficient (Wildman–Crippen LogP) is 2.54. The van der Waals surface area contributed by atoms with E-state index in [9.17, 15) is 4.79 Å². The van der Waals surface area contributed by atoms with E-state index in [1.54, 1.807) is 24.5 Å². The first kappa shape index (κ1) is 18.4. The van der Waals surface area contributed by atoms with Gasteiger partial charge in [-0.1, -0.05) is 6.07 Å². The maximum atomic E-state index is 12.0. The molecule has 0 aliphatic carbocycles. The molecular weight excluding hydrogens is 344 g/mol. The van der Waals surface area contributed by atoms with Crippen molar-refractivity contribution in [2.24, 2.45) is 0 Å². The fourth-order valence-corrected chi connectivity index (χ4v) is 2.53. The Hall–Kier alpha value is -3.35. The van der Waals surface area contributed by atoms with Crippen LogP contribution in [0.5, 0.6) is 11.5 Å². The van der Waals surface area contributed by atoms with Crippen molar-refractivity contribution >= 4 is 5.91 Å². The summed E-state index contributed by atoms with van der Waals surface area (Å²) in [6.07, 6.45) is 5.32. The minimum atomic E-state index is -0.177. The zero-order valence-corrected chi connectivity index (χ0v) is 15.2. The Labute approximate surface area is 158 Å².